The lowest BCUT2D eigenvalue weighted by Crippen LogP contribution is -2.31. The molecular weight excluding hydrogens is 273 g/mol. The van der Waals surface area contributed by atoms with Crippen molar-refractivity contribution in [2.45, 2.75) is 13.8 Å². The van der Waals surface area contributed by atoms with Crippen LogP contribution >= 0.6 is 0 Å². The molecule has 0 aliphatic rings. The number of pyridine rings is 1. The second-order valence-electron chi connectivity index (χ2n) is 5.69. The molecule has 0 N–H and O–H groups in total. The van der Waals surface area contributed by atoms with Crippen molar-refractivity contribution < 1.29 is 8.96 Å². The highest BCUT2D eigenvalue weighted by molar-refractivity contribution is 5.69. The number of halogens is 1. The summed E-state index contributed by atoms with van der Waals surface area (Å²) in [6, 6.07) is 17.2. The van der Waals surface area contributed by atoms with Gasteiger partial charge in [0.05, 0.1) is 0 Å². The minimum atomic E-state index is -0.206. The Kier molecular flexibility index (Phi) is 3.76. The molecule has 110 valence electrons. The van der Waals surface area contributed by atoms with Gasteiger partial charge < -0.3 is 0 Å². The molecule has 3 rings (SSSR count). The van der Waals surface area contributed by atoms with E-state index in [1.165, 1.54) is 34.5 Å². The minimum Gasteiger partial charge on any atom is -0.207 e. The van der Waals surface area contributed by atoms with E-state index in [2.05, 4.69) is 54.9 Å². The van der Waals surface area contributed by atoms with Gasteiger partial charge >= 0.3 is 0 Å². The van der Waals surface area contributed by atoms with Crippen LogP contribution in [0.2, 0.25) is 0 Å². The minimum absolute atomic E-state index is 0.206. The fraction of sp³-hybridized carbons (Fsp3) is 0.150. The fourth-order valence-corrected chi connectivity index (χ4v) is 2.81. The van der Waals surface area contributed by atoms with Gasteiger partial charge in [0.2, 0.25) is 5.69 Å². The second kappa shape index (κ2) is 5.72. The molecule has 1 nitrogen and oxygen atoms in total. The van der Waals surface area contributed by atoms with Gasteiger partial charge in [-0.15, -0.1) is 0 Å². The largest absolute Gasteiger partial charge is 0.212 e. The van der Waals surface area contributed by atoms with E-state index in [0.717, 1.165) is 11.1 Å². The molecule has 0 spiro atoms. The number of nitrogens with zero attached hydrogens (tertiary/aromatic N) is 1. The molecular formula is C20H19FN+. The first kappa shape index (κ1) is 14.5. The molecule has 0 bridgehead atoms. The van der Waals surface area contributed by atoms with Crippen LogP contribution in [-0.4, -0.2) is 0 Å². The van der Waals surface area contributed by atoms with Crippen LogP contribution in [0.1, 0.15) is 11.1 Å². The summed E-state index contributed by atoms with van der Waals surface area (Å²) in [7, 11) is 2.05. The lowest BCUT2D eigenvalue weighted by atomic mass is 9.98. The molecule has 0 aliphatic carbocycles. The Morgan fingerprint density at radius 2 is 1.50 bits per heavy atom. The van der Waals surface area contributed by atoms with Gasteiger partial charge in [-0.3, -0.25) is 0 Å². The first-order chi connectivity index (χ1) is 10.6. The van der Waals surface area contributed by atoms with Crippen LogP contribution in [0.5, 0.6) is 0 Å². The van der Waals surface area contributed by atoms with Crippen molar-refractivity contribution in [3.05, 3.63) is 77.7 Å². The Balaban J connectivity index is 2.13. The van der Waals surface area contributed by atoms with Crippen molar-refractivity contribution >= 4 is 0 Å². The van der Waals surface area contributed by atoms with Gasteiger partial charge in [-0.2, -0.15) is 0 Å². The maximum Gasteiger partial charge on any atom is 0.212 e. The zero-order valence-electron chi connectivity index (χ0n) is 13.1. The van der Waals surface area contributed by atoms with Gasteiger partial charge in [0.1, 0.15) is 12.9 Å². The Hall–Kier alpha value is -2.48. The second-order valence-corrected chi connectivity index (χ2v) is 5.69. The highest BCUT2D eigenvalue weighted by atomic mass is 19.1. The highest BCUT2D eigenvalue weighted by Crippen LogP contribution is 2.27. The first-order valence-corrected chi connectivity index (χ1v) is 7.38. The van der Waals surface area contributed by atoms with Gasteiger partial charge in [-0.1, -0.05) is 30.3 Å². The van der Waals surface area contributed by atoms with Crippen LogP contribution in [0, 0.1) is 19.7 Å². The molecule has 2 aromatic carbocycles. The summed E-state index contributed by atoms with van der Waals surface area (Å²) < 4.78 is 15.2. The Morgan fingerprint density at radius 1 is 0.818 bits per heavy atom. The van der Waals surface area contributed by atoms with Crippen LogP contribution in [0.3, 0.4) is 0 Å². The quantitative estimate of drug-likeness (QED) is 0.608. The van der Waals surface area contributed by atoms with Crippen molar-refractivity contribution in [2.24, 2.45) is 7.05 Å². The van der Waals surface area contributed by atoms with E-state index in [4.69, 9.17) is 0 Å². The number of hydrogen-bond donors (Lipinski definition) is 0. The van der Waals surface area contributed by atoms with Gasteiger partial charge in [-0.25, -0.2) is 8.96 Å². The molecule has 3 aromatic rings. The molecule has 1 aromatic heterocycles. The summed E-state index contributed by atoms with van der Waals surface area (Å²) >= 11 is 0. The molecule has 0 saturated carbocycles. The third-order valence-corrected chi connectivity index (χ3v) is 4.06. The van der Waals surface area contributed by atoms with E-state index in [0.29, 0.717) is 0 Å². The van der Waals surface area contributed by atoms with E-state index < -0.39 is 0 Å². The van der Waals surface area contributed by atoms with E-state index in [1.54, 1.807) is 0 Å². The standard InChI is InChI=1S/C20H19FN/c1-14-6-4-5-7-18(14)20-12-15(2)19(13-22(20)3)16-8-10-17(21)11-9-16/h4-13H,1-3H3/q+1. The number of rotatable bonds is 2. The maximum atomic E-state index is 13.1. The number of benzene rings is 2. The topological polar surface area (TPSA) is 3.88 Å². The molecule has 0 atom stereocenters. The molecule has 0 amide bonds. The van der Waals surface area contributed by atoms with Crippen molar-refractivity contribution in [1.82, 2.24) is 0 Å². The van der Waals surface area contributed by atoms with Crippen molar-refractivity contribution in [3.63, 3.8) is 0 Å². The normalized spacial score (nSPS) is 10.7. The average molecular weight is 292 g/mol. The monoisotopic (exact) mass is 292 g/mol. The summed E-state index contributed by atoms with van der Waals surface area (Å²) in [4.78, 5) is 0. The summed E-state index contributed by atoms with van der Waals surface area (Å²) in [5.74, 6) is -0.206. The summed E-state index contributed by atoms with van der Waals surface area (Å²) in [6.07, 6.45) is 2.12. The molecule has 0 radical (unpaired) electrons. The molecule has 22 heavy (non-hydrogen) atoms. The zero-order valence-corrected chi connectivity index (χ0v) is 13.1. The van der Waals surface area contributed by atoms with Crippen LogP contribution < -0.4 is 4.57 Å². The van der Waals surface area contributed by atoms with Gasteiger partial charge in [0, 0.05) is 17.2 Å². The van der Waals surface area contributed by atoms with Gasteiger partial charge in [0.15, 0.2) is 6.20 Å². The van der Waals surface area contributed by atoms with E-state index in [-0.39, 0.29) is 5.82 Å². The molecule has 1 heterocycles. The van der Waals surface area contributed by atoms with E-state index in [9.17, 15) is 4.39 Å². The molecule has 0 aliphatic heterocycles. The zero-order chi connectivity index (χ0) is 15.7. The fourth-order valence-electron chi connectivity index (χ4n) is 2.81. The first-order valence-electron chi connectivity index (χ1n) is 7.38. The maximum absolute atomic E-state index is 13.1. The Bertz CT molecular complexity index is 820. The predicted molar refractivity (Wildman–Crippen MR) is 87.9 cm³/mol. The van der Waals surface area contributed by atoms with Crippen LogP contribution in [0.25, 0.3) is 22.4 Å². The molecule has 0 saturated heterocycles. The van der Waals surface area contributed by atoms with Crippen LogP contribution in [-0.2, 0) is 7.05 Å². The van der Waals surface area contributed by atoms with Crippen molar-refractivity contribution in [3.8, 4) is 22.4 Å². The van der Waals surface area contributed by atoms with E-state index in [1.807, 2.05) is 19.2 Å². The molecule has 2 heteroatoms. The summed E-state index contributed by atoms with van der Waals surface area (Å²) in [5.41, 5.74) is 7.01. The number of aryl methyl sites for hydroxylation is 3. The molecule has 0 fully saturated rings. The Morgan fingerprint density at radius 3 is 2.18 bits per heavy atom. The van der Waals surface area contributed by atoms with E-state index >= 15 is 0 Å². The van der Waals surface area contributed by atoms with Crippen LogP contribution in [0.15, 0.2) is 60.8 Å². The highest BCUT2D eigenvalue weighted by Gasteiger charge is 2.16. The van der Waals surface area contributed by atoms with Crippen LogP contribution in [0.4, 0.5) is 4.39 Å². The number of aromatic nitrogens is 1. The predicted octanol–water partition coefficient (Wildman–Crippen LogP) is 4.60. The lowest BCUT2D eigenvalue weighted by molar-refractivity contribution is -0.660. The smallest absolute Gasteiger partial charge is 0.207 e. The Labute approximate surface area is 130 Å². The third kappa shape index (κ3) is 2.64. The van der Waals surface area contributed by atoms with Gasteiger partial charge in [-0.05, 0) is 48.7 Å². The number of hydrogen-bond acceptors (Lipinski definition) is 0. The van der Waals surface area contributed by atoms with Crippen molar-refractivity contribution in [2.75, 3.05) is 0 Å². The summed E-state index contributed by atoms with van der Waals surface area (Å²) in [6.45, 7) is 4.22. The van der Waals surface area contributed by atoms with Crippen molar-refractivity contribution in [1.29, 1.82) is 0 Å². The lowest BCUT2D eigenvalue weighted by Gasteiger charge is -2.09. The molecule has 0 unspecified atom stereocenters. The third-order valence-electron chi connectivity index (χ3n) is 4.06. The SMILES string of the molecule is Cc1cc(-c2ccccc2C)[n+](C)cc1-c1ccc(F)cc1. The van der Waals surface area contributed by atoms with Gasteiger partial charge in [0.25, 0.3) is 0 Å². The average Bonchev–Trinajstić information content (AvgIpc) is 2.51. The summed E-state index contributed by atoms with van der Waals surface area (Å²) in [5, 5.41) is 0.